The third kappa shape index (κ3) is 4.30. The Balaban J connectivity index is 1.75. The second-order valence-corrected chi connectivity index (χ2v) is 7.34. The third-order valence-corrected chi connectivity index (χ3v) is 4.81. The molecule has 0 aliphatic heterocycles. The van der Waals surface area contributed by atoms with Crippen LogP contribution in [0.25, 0.3) is 22.2 Å². The van der Waals surface area contributed by atoms with E-state index in [9.17, 15) is 4.79 Å². The van der Waals surface area contributed by atoms with Crippen molar-refractivity contribution in [2.45, 2.75) is 13.3 Å². The van der Waals surface area contributed by atoms with Gasteiger partial charge in [-0.25, -0.2) is 4.98 Å². The molecule has 2 aromatic carbocycles. The molecule has 0 saturated carbocycles. The van der Waals surface area contributed by atoms with E-state index >= 15 is 0 Å². The van der Waals surface area contributed by atoms with Crippen molar-refractivity contribution in [3.8, 4) is 17.0 Å². The number of nitrogens with one attached hydrogen (secondary N) is 1. The number of carbonyl (C=O) groups is 1. The molecule has 2 aromatic heterocycles. The molecule has 2 heterocycles. The zero-order valence-electron chi connectivity index (χ0n) is 15.7. The van der Waals surface area contributed by atoms with Gasteiger partial charge in [-0.15, -0.1) is 0 Å². The summed E-state index contributed by atoms with van der Waals surface area (Å²) in [6.07, 6.45) is 2.36. The molecule has 0 aliphatic carbocycles. The second kappa shape index (κ2) is 8.45. The number of halogens is 1. The number of benzene rings is 2. The van der Waals surface area contributed by atoms with Gasteiger partial charge in [0.1, 0.15) is 12.0 Å². The molecule has 1 N–H and O–H groups in total. The van der Waals surface area contributed by atoms with Crippen molar-refractivity contribution in [3.63, 3.8) is 0 Å². The van der Waals surface area contributed by atoms with E-state index in [1.807, 2.05) is 42.5 Å². The number of hydrogen-bond donors (Lipinski definition) is 1. The predicted octanol–water partition coefficient (Wildman–Crippen LogP) is 5.69. The minimum atomic E-state index is -0.284. The average Bonchev–Trinajstić information content (AvgIpc) is 3.25. The van der Waals surface area contributed by atoms with Crippen LogP contribution in [0.4, 0.5) is 5.82 Å². The fourth-order valence-corrected chi connectivity index (χ4v) is 3.30. The summed E-state index contributed by atoms with van der Waals surface area (Å²) < 4.78 is 11.3. The van der Waals surface area contributed by atoms with E-state index in [0.29, 0.717) is 23.7 Å². The molecule has 0 atom stereocenters. The highest BCUT2D eigenvalue weighted by Gasteiger charge is 2.16. The topological polar surface area (TPSA) is 77.2 Å². The molecule has 0 saturated heterocycles. The maximum absolute atomic E-state index is 12.9. The molecule has 7 heteroatoms. The van der Waals surface area contributed by atoms with E-state index < -0.39 is 0 Å². The Morgan fingerprint density at radius 1 is 1.14 bits per heavy atom. The number of pyridine rings is 1. The van der Waals surface area contributed by atoms with Crippen LogP contribution in [-0.2, 0) is 0 Å². The van der Waals surface area contributed by atoms with Crippen LogP contribution in [0, 0.1) is 0 Å². The van der Waals surface area contributed by atoms with Crippen molar-refractivity contribution in [1.29, 1.82) is 0 Å². The van der Waals surface area contributed by atoms with Crippen LogP contribution >= 0.6 is 15.9 Å². The van der Waals surface area contributed by atoms with Crippen molar-refractivity contribution >= 4 is 38.6 Å². The van der Waals surface area contributed by atoms with Crippen LogP contribution in [0.5, 0.6) is 5.75 Å². The molecule has 6 nitrogen and oxygen atoms in total. The molecule has 29 heavy (non-hydrogen) atoms. The molecule has 4 rings (SSSR count). The van der Waals surface area contributed by atoms with E-state index in [0.717, 1.165) is 33.1 Å². The van der Waals surface area contributed by atoms with Gasteiger partial charge in [0.25, 0.3) is 5.91 Å². The molecule has 0 bridgehead atoms. The molecule has 0 fully saturated rings. The Labute approximate surface area is 176 Å². The Morgan fingerprint density at radius 3 is 2.69 bits per heavy atom. The summed E-state index contributed by atoms with van der Waals surface area (Å²) in [4.78, 5) is 17.7. The van der Waals surface area contributed by atoms with Crippen LogP contribution in [-0.4, -0.2) is 22.7 Å². The van der Waals surface area contributed by atoms with Gasteiger partial charge in [-0.05, 0) is 55.0 Å². The smallest absolute Gasteiger partial charge is 0.257 e. The molecule has 0 aliphatic rings. The van der Waals surface area contributed by atoms with E-state index in [1.165, 1.54) is 6.26 Å². The van der Waals surface area contributed by atoms with Crippen LogP contribution in [0.1, 0.15) is 23.7 Å². The first kappa shape index (κ1) is 19.1. The van der Waals surface area contributed by atoms with Gasteiger partial charge < -0.3 is 14.6 Å². The highest BCUT2D eigenvalue weighted by Crippen LogP contribution is 2.28. The van der Waals surface area contributed by atoms with Crippen LogP contribution in [0.3, 0.4) is 0 Å². The summed E-state index contributed by atoms with van der Waals surface area (Å²) in [5.41, 5.74) is 2.82. The van der Waals surface area contributed by atoms with Gasteiger partial charge in [0, 0.05) is 21.5 Å². The highest BCUT2D eigenvalue weighted by molar-refractivity contribution is 9.10. The van der Waals surface area contributed by atoms with Crippen molar-refractivity contribution in [1.82, 2.24) is 10.1 Å². The SMILES string of the molecule is CCCOc1ccc(-c2cc(C(=O)Nc3ccon3)c3cc(Br)ccc3n2)cc1. The molecule has 146 valence electrons. The largest absolute Gasteiger partial charge is 0.494 e. The average molecular weight is 452 g/mol. The van der Waals surface area contributed by atoms with E-state index in [4.69, 9.17) is 14.2 Å². The van der Waals surface area contributed by atoms with Crippen LogP contribution in [0.15, 0.2) is 69.9 Å². The number of fused-ring (bicyclic) bond motifs is 1. The third-order valence-electron chi connectivity index (χ3n) is 4.32. The first-order valence-electron chi connectivity index (χ1n) is 9.19. The van der Waals surface area contributed by atoms with Gasteiger partial charge in [0.2, 0.25) is 0 Å². The fraction of sp³-hybridized carbons (Fsp3) is 0.136. The molecule has 0 radical (unpaired) electrons. The Bertz CT molecular complexity index is 1140. The molecule has 1 amide bonds. The Morgan fingerprint density at radius 2 is 1.97 bits per heavy atom. The summed E-state index contributed by atoms with van der Waals surface area (Å²) >= 11 is 3.47. The van der Waals surface area contributed by atoms with E-state index in [-0.39, 0.29) is 5.91 Å². The predicted molar refractivity (Wildman–Crippen MR) is 115 cm³/mol. The molecular weight excluding hydrogens is 434 g/mol. The second-order valence-electron chi connectivity index (χ2n) is 6.43. The lowest BCUT2D eigenvalue weighted by molar-refractivity contribution is 0.102. The Hall–Kier alpha value is -3.19. The zero-order valence-corrected chi connectivity index (χ0v) is 17.3. The van der Waals surface area contributed by atoms with Crippen molar-refractivity contribution in [2.75, 3.05) is 11.9 Å². The van der Waals surface area contributed by atoms with Gasteiger partial charge >= 0.3 is 0 Å². The standard InChI is InChI=1S/C22H18BrN3O3/c1-2-10-28-16-6-3-14(4-7-16)20-13-18(22(27)25-21-9-11-29-26-21)17-12-15(23)5-8-19(17)24-20/h3-9,11-13H,2,10H2,1H3,(H,25,26,27). The number of hydrogen-bond acceptors (Lipinski definition) is 5. The summed E-state index contributed by atoms with van der Waals surface area (Å²) in [5, 5.41) is 7.24. The first-order chi connectivity index (χ1) is 14.1. The van der Waals surface area contributed by atoms with Gasteiger partial charge in [0.15, 0.2) is 5.82 Å². The lowest BCUT2D eigenvalue weighted by Gasteiger charge is -2.11. The van der Waals surface area contributed by atoms with Gasteiger partial charge in [-0.3, -0.25) is 4.79 Å². The number of rotatable bonds is 6. The maximum atomic E-state index is 12.9. The number of nitrogens with zero attached hydrogens (tertiary/aromatic N) is 2. The maximum Gasteiger partial charge on any atom is 0.257 e. The summed E-state index contributed by atoms with van der Waals surface area (Å²) in [7, 11) is 0. The fourth-order valence-electron chi connectivity index (χ4n) is 2.94. The zero-order chi connectivity index (χ0) is 20.2. The van der Waals surface area contributed by atoms with Gasteiger partial charge in [-0.1, -0.05) is 28.0 Å². The molecule has 0 unspecified atom stereocenters. The molecule has 4 aromatic rings. The summed E-state index contributed by atoms with van der Waals surface area (Å²) in [5.74, 6) is 0.881. The number of aromatic nitrogens is 2. The number of amides is 1. The lowest BCUT2D eigenvalue weighted by Crippen LogP contribution is -2.13. The summed E-state index contributed by atoms with van der Waals surface area (Å²) in [6, 6.07) is 16.7. The van der Waals surface area contributed by atoms with E-state index in [1.54, 1.807) is 12.1 Å². The number of carbonyl (C=O) groups excluding carboxylic acids is 1. The summed E-state index contributed by atoms with van der Waals surface area (Å²) in [6.45, 7) is 2.74. The van der Waals surface area contributed by atoms with Crippen molar-refractivity contribution < 1.29 is 14.1 Å². The molecular formula is C22H18BrN3O3. The van der Waals surface area contributed by atoms with Crippen molar-refractivity contribution in [3.05, 3.63) is 70.9 Å². The van der Waals surface area contributed by atoms with Crippen LogP contribution < -0.4 is 10.1 Å². The lowest BCUT2D eigenvalue weighted by atomic mass is 10.0. The normalized spacial score (nSPS) is 10.8. The van der Waals surface area contributed by atoms with E-state index in [2.05, 4.69) is 33.3 Å². The number of anilines is 1. The first-order valence-corrected chi connectivity index (χ1v) is 9.98. The minimum absolute atomic E-state index is 0.284. The van der Waals surface area contributed by atoms with Gasteiger partial charge in [0.05, 0.1) is 23.4 Å². The minimum Gasteiger partial charge on any atom is -0.494 e. The molecule has 0 spiro atoms. The monoisotopic (exact) mass is 451 g/mol. The quantitative estimate of drug-likeness (QED) is 0.407. The Kier molecular flexibility index (Phi) is 5.57. The van der Waals surface area contributed by atoms with Gasteiger partial charge in [-0.2, -0.15) is 0 Å². The number of ether oxygens (including phenoxy) is 1. The van der Waals surface area contributed by atoms with Crippen molar-refractivity contribution in [2.24, 2.45) is 0 Å². The van der Waals surface area contributed by atoms with Crippen LogP contribution in [0.2, 0.25) is 0 Å². The highest BCUT2D eigenvalue weighted by atomic mass is 79.9.